The highest BCUT2D eigenvalue weighted by atomic mass is 32.1. The van der Waals surface area contributed by atoms with E-state index < -0.39 is 5.60 Å². The Labute approximate surface area is 93.5 Å². The van der Waals surface area contributed by atoms with Gasteiger partial charge in [-0.25, -0.2) is 9.78 Å². The van der Waals surface area contributed by atoms with Crippen LogP contribution in [0.15, 0.2) is 0 Å². The summed E-state index contributed by atoms with van der Waals surface area (Å²) in [6.07, 6.45) is 0.683. The summed E-state index contributed by atoms with van der Waals surface area (Å²) in [5, 5.41) is 0.410. The molecule has 0 amide bonds. The number of carbonyl (C=O) groups is 1. The molecule has 0 aliphatic rings. The molecule has 1 heterocycles. The Hall–Kier alpha value is -1.10. The van der Waals surface area contributed by atoms with Crippen LogP contribution in [-0.2, 0) is 11.2 Å². The molecule has 4 nitrogen and oxygen atoms in total. The van der Waals surface area contributed by atoms with Crippen LogP contribution in [0, 0.1) is 0 Å². The molecule has 0 aliphatic carbocycles. The molecule has 0 spiro atoms. The topological polar surface area (TPSA) is 65.2 Å². The van der Waals surface area contributed by atoms with E-state index in [0.717, 1.165) is 0 Å². The SMILES string of the molecule is CCc1nc(N)sc1C(=O)OC(C)(C)C. The van der Waals surface area contributed by atoms with Gasteiger partial charge in [-0.1, -0.05) is 18.3 Å². The van der Waals surface area contributed by atoms with E-state index in [4.69, 9.17) is 10.5 Å². The number of anilines is 1. The summed E-state index contributed by atoms with van der Waals surface area (Å²) in [4.78, 5) is 16.3. The lowest BCUT2D eigenvalue weighted by molar-refractivity contribution is 0.00739. The molecule has 0 aliphatic heterocycles. The number of esters is 1. The summed E-state index contributed by atoms with van der Waals surface area (Å²) < 4.78 is 5.26. The summed E-state index contributed by atoms with van der Waals surface area (Å²) in [7, 11) is 0. The number of carbonyl (C=O) groups excluding carboxylic acids is 1. The van der Waals surface area contributed by atoms with Crippen LogP contribution < -0.4 is 5.73 Å². The number of thiazole rings is 1. The quantitative estimate of drug-likeness (QED) is 0.788. The maximum Gasteiger partial charge on any atom is 0.350 e. The van der Waals surface area contributed by atoms with E-state index in [2.05, 4.69) is 4.98 Å². The van der Waals surface area contributed by atoms with Crippen molar-refractivity contribution in [3.05, 3.63) is 10.6 Å². The standard InChI is InChI=1S/C10H16N2O2S/c1-5-6-7(15-9(11)12-6)8(13)14-10(2,3)4/h5H2,1-4H3,(H2,11,12). The van der Waals surface area contributed by atoms with Crippen LogP contribution >= 0.6 is 11.3 Å². The van der Waals surface area contributed by atoms with Crippen LogP contribution in [0.2, 0.25) is 0 Å². The highest BCUT2D eigenvalue weighted by molar-refractivity contribution is 7.17. The molecule has 0 unspecified atom stereocenters. The zero-order chi connectivity index (χ0) is 11.6. The lowest BCUT2D eigenvalue weighted by atomic mass is 10.2. The smallest absolute Gasteiger partial charge is 0.350 e. The van der Waals surface area contributed by atoms with Crippen molar-refractivity contribution in [2.75, 3.05) is 5.73 Å². The van der Waals surface area contributed by atoms with Gasteiger partial charge in [0, 0.05) is 0 Å². The minimum Gasteiger partial charge on any atom is -0.456 e. The van der Waals surface area contributed by atoms with E-state index in [1.807, 2.05) is 27.7 Å². The second-order valence-electron chi connectivity index (χ2n) is 4.18. The van der Waals surface area contributed by atoms with Crippen molar-refractivity contribution in [2.24, 2.45) is 0 Å². The van der Waals surface area contributed by atoms with Crippen LogP contribution in [0.1, 0.15) is 43.1 Å². The monoisotopic (exact) mass is 228 g/mol. The Kier molecular flexibility index (Phi) is 3.34. The first-order valence-corrected chi connectivity index (χ1v) is 5.63. The molecular weight excluding hydrogens is 212 g/mol. The molecule has 0 saturated heterocycles. The van der Waals surface area contributed by atoms with E-state index in [-0.39, 0.29) is 5.97 Å². The van der Waals surface area contributed by atoms with Crippen molar-refractivity contribution in [3.63, 3.8) is 0 Å². The molecule has 0 radical (unpaired) electrons. The van der Waals surface area contributed by atoms with E-state index >= 15 is 0 Å². The first-order valence-electron chi connectivity index (χ1n) is 4.82. The molecular formula is C10H16N2O2S. The Morgan fingerprint density at radius 1 is 1.53 bits per heavy atom. The van der Waals surface area contributed by atoms with E-state index in [9.17, 15) is 4.79 Å². The second kappa shape index (κ2) is 4.18. The van der Waals surface area contributed by atoms with E-state index in [1.165, 1.54) is 11.3 Å². The van der Waals surface area contributed by atoms with Crippen LogP contribution in [0.4, 0.5) is 5.13 Å². The van der Waals surface area contributed by atoms with Gasteiger partial charge in [0.1, 0.15) is 10.5 Å². The third-order valence-corrected chi connectivity index (χ3v) is 2.54. The number of nitrogens with two attached hydrogens (primary N) is 1. The third-order valence-electron chi connectivity index (χ3n) is 1.63. The molecule has 1 rings (SSSR count). The molecule has 84 valence electrons. The zero-order valence-corrected chi connectivity index (χ0v) is 10.3. The van der Waals surface area contributed by atoms with Gasteiger partial charge in [0.05, 0.1) is 5.69 Å². The molecule has 0 saturated carbocycles. The first-order chi connectivity index (χ1) is 6.83. The Bertz CT molecular complexity index is 366. The van der Waals surface area contributed by atoms with Gasteiger partial charge >= 0.3 is 5.97 Å². The van der Waals surface area contributed by atoms with Crippen LogP contribution in [0.25, 0.3) is 0 Å². The largest absolute Gasteiger partial charge is 0.456 e. The first kappa shape index (κ1) is 12.0. The average Bonchev–Trinajstić information content (AvgIpc) is 2.43. The summed E-state index contributed by atoms with van der Waals surface area (Å²) in [6.45, 7) is 7.44. The number of nitrogen functional groups attached to an aromatic ring is 1. The van der Waals surface area contributed by atoms with Gasteiger partial charge in [-0.3, -0.25) is 0 Å². The second-order valence-corrected chi connectivity index (χ2v) is 5.21. The summed E-state index contributed by atoms with van der Waals surface area (Å²) in [6, 6.07) is 0. The Morgan fingerprint density at radius 3 is 2.60 bits per heavy atom. The summed E-state index contributed by atoms with van der Waals surface area (Å²) >= 11 is 1.18. The highest BCUT2D eigenvalue weighted by Crippen LogP contribution is 2.23. The van der Waals surface area contributed by atoms with Crippen molar-refractivity contribution in [1.29, 1.82) is 0 Å². The fourth-order valence-corrected chi connectivity index (χ4v) is 1.89. The molecule has 0 bridgehead atoms. The van der Waals surface area contributed by atoms with Crippen molar-refractivity contribution in [3.8, 4) is 0 Å². The van der Waals surface area contributed by atoms with Gasteiger partial charge in [0.2, 0.25) is 0 Å². The van der Waals surface area contributed by atoms with Crippen molar-refractivity contribution in [2.45, 2.75) is 39.7 Å². The number of ether oxygens (including phenoxy) is 1. The molecule has 2 N–H and O–H groups in total. The van der Waals surface area contributed by atoms with Crippen molar-refractivity contribution >= 4 is 22.4 Å². The zero-order valence-electron chi connectivity index (χ0n) is 9.46. The fraction of sp³-hybridized carbons (Fsp3) is 0.600. The molecule has 0 fully saturated rings. The van der Waals surface area contributed by atoms with Gasteiger partial charge in [0.25, 0.3) is 0 Å². The normalized spacial score (nSPS) is 11.5. The van der Waals surface area contributed by atoms with Gasteiger partial charge in [0.15, 0.2) is 5.13 Å². The Balaban J connectivity index is 2.91. The van der Waals surface area contributed by atoms with Gasteiger partial charge in [-0.15, -0.1) is 0 Å². The number of nitrogens with zero attached hydrogens (tertiary/aromatic N) is 1. The molecule has 5 heteroatoms. The fourth-order valence-electron chi connectivity index (χ4n) is 1.09. The van der Waals surface area contributed by atoms with Crippen LogP contribution in [0.3, 0.4) is 0 Å². The molecule has 0 atom stereocenters. The van der Waals surface area contributed by atoms with E-state index in [0.29, 0.717) is 22.1 Å². The predicted molar refractivity (Wildman–Crippen MR) is 61.1 cm³/mol. The van der Waals surface area contributed by atoms with Gasteiger partial charge in [-0.05, 0) is 27.2 Å². The number of rotatable bonds is 2. The molecule has 1 aromatic rings. The predicted octanol–water partition coefficient (Wildman–Crippen LogP) is 2.24. The Morgan fingerprint density at radius 2 is 2.13 bits per heavy atom. The maximum absolute atomic E-state index is 11.7. The summed E-state index contributed by atoms with van der Waals surface area (Å²) in [5.74, 6) is -0.339. The minimum atomic E-state index is -0.485. The average molecular weight is 228 g/mol. The summed E-state index contributed by atoms with van der Waals surface area (Å²) in [5.41, 5.74) is 5.79. The highest BCUT2D eigenvalue weighted by Gasteiger charge is 2.22. The molecule has 15 heavy (non-hydrogen) atoms. The van der Waals surface area contributed by atoms with Gasteiger partial charge < -0.3 is 10.5 Å². The number of aryl methyl sites for hydroxylation is 1. The lowest BCUT2D eigenvalue weighted by Gasteiger charge is -2.18. The minimum absolute atomic E-state index is 0.339. The molecule has 1 aromatic heterocycles. The third kappa shape index (κ3) is 3.20. The lowest BCUT2D eigenvalue weighted by Crippen LogP contribution is -2.23. The van der Waals surface area contributed by atoms with Crippen molar-refractivity contribution in [1.82, 2.24) is 4.98 Å². The van der Waals surface area contributed by atoms with Crippen molar-refractivity contribution < 1.29 is 9.53 Å². The maximum atomic E-state index is 11.7. The number of hydrogen-bond acceptors (Lipinski definition) is 5. The van der Waals surface area contributed by atoms with Crippen LogP contribution in [-0.4, -0.2) is 16.6 Å². The number of aromatic nitrogens is 1. The molecule has 0 aromatic carbocycles. The van der Waals surface area contributed by atoms with Crippen LogP contribution in [0.5, 0.6) is 0 Å². The van der Waals surface area contributed by atoms with Gasteiger partial charge in [-0.2, -0.15) is 0 Å². The van der Waals surface area contributed by atoms with E-state index in [1.54, 1.807) is 0 Å². The number of hydrogen-bond donors (Lipinski definition) is 1.